The zero-order valence-corrected chi connectivity index (χ0v) is 11.9. The highest BCUT2D eigenvalue weighted by molar-refractivity contribution is 7.19. The highest BCUT2D eigenvalue weighted by Crippen LogP contribution is 2.26. The average molecular weight is 296 g/mol. The molecule has 0 bridgehead atoms. The monoisotopic (exact) mass is 296 g/mol. The molecule has 1 N–H and O–H groups in total. The summed E-state index contributed by atoms with van der Waals surface area (Å²) in [7, 11) is 0. The van der Waals surface area contributed by atoms with Crippen LogP contribution in [0.3, 0.4) is 0 Å². The summed E-state index contributed by atoms with van der Waals surface area (Å²) in [5, 5.41) is 18.3. The van der Waals surface area contributed by atoms with Gasteiger partial charge in [-0.2, -0.15) is 5.26 Å². The Morgan fingerprint density at radius 2 is 1.90 bits per heavy atom. The molecule has 4 nitrogen and oxygen atoms in total. The van der Waals surface area contributed by atoms with Crippen LogP contribution in [0.25, 0.3) is 10.2 Å². The molecule has 0 saturated heterocycles. The van der Waals surface area contributed by atoms with Gasteiger partial charge in [-0.05, 0) is 29.3 Å². The minimum atomic E-state index is 0.0460. The van der Waals surface area contributed by atoms with Crippen molar-refractivity contribution in [3.05, 3.63) is 58.6 Å². The van der Waals surface area contributed by atoms with Crippen LogP contribution in [0.2, 0.25) is 0 Å². The van der Waals surface area contributed by atoms with Crippen molar-refractivity contribution in [2.45, 2.75) is 13.2 Å². The molecule has 3 rings (SSSR count). The number of hydrogen-bond acceptors (Lipinski definition) is 5. The van der Waals surface area contributed by atoms with E-state index < -0.39 is 0 Å². The molecular formula is C16H12N2O2S. The van der Waals surface area contributed by atoms with Crippen LogP contribution in [0, 0.1) is 11.3 Å². The van der Waals surface area contributed by atoms with E-state index in [1.54, 1.807) is 0 Å². The first kappa shape index (κ1) is 13.6. The lowest BCUT2D eigenvalue weighted by atomic mass is 10.1. The van der Waals surface area contributed by atoms with E-state index in [9.17, 15) is 0 Å². The summed E-state index contributed by atoms with van der Waals surface area (Å²) in [5.74, 6) is 0.752. The molecule has 2 aromatic carbocycles. The van der Waals surface area contributed by atoms with E-state index in [-0.39, 0.29) is 6.61 Å². The number of thiazole rings is 1. The molecular weight excluding hydrogens is 284 g/mol. The summed E-state index contributed by atoms with van der Waals surface area (Å²) >= 11 is 1.36. The van der Waals surface area contributed by atoms with Gasteiger partial charge in [0.1, 0.15) is 18.4 Å². The van der Waals surface area contributed by atoms with Crippen molar-refractivity contribution in [3.8, 4) is 11.8 Å². The molecule has 0 aliphatic carbocycles. The number of benzene rings is 2. The molecule has 0 aliphatic heterocycles. The van der Waals surface area contributed by atoms with Crippen LogP contribution in [0.5, 0.6) is 5.75 Å². The summed E-state index contributed by atoms with van der Waals surface area (Å²) < 4.78 is 6.69. The molecule has 1 aromatic heterocycles. The van der Waals surface area contributed by atoms with Gasteiger partial charge in [-0.3, -0.25) is 0 Å². The van der Waals surface area contributed by atoms with Crippen LogP contribution in [-0.4, -0.2) is 10.1 Å². The Bertz CT molecular complexity index is 803. The molecule has 0 fully saturated rings. The fourth-order valence-corrected chi connectivity index (χ4v) is 2.74. The number of aliphatic hydroxyl groups excluding tert-OH is 1. The van der Waals surface area contributed by atoms with E-state index in [0.29, 0.717) is 11.6 Å². The Morgan fingerprint density at radius 3 is 2.62 bits per heavy atom. The van der Waals surface area contributed by atoms with Crippen molar-refractivity contribution in [2.75, 3.05) is 0 Å². The van der Waals surface area contributed by atoms with Crippen molar-refractivity contribution in [2.24, 2.45) is 0 Å². The number of aromatic nitrogens is 1. The minimum Gasteiger partial charge on any atom is -0.489 e. The van der Waals surface area contributed by atoms with E-state index in [1.807, 2.05) is 42.5 Å². The highest BCUT2D eigenvalue weighted by atomic mass is 32.1. The number of nitriles is 1. The van der Waals surface area contributed by atoms with Crippen molar-refractivity contribution in [1.82, 2.24) is 4.98 Å². The Labute approximate surface area is 125 Å². The first-order chi connectivity index (χ1) is 10.3. The SMILES string of the molecule is N#Cc1nc2ccc(OCc3ccc(CO)cc3)cc2s1. The molecule has 0 spiro atoms. The van der Waals surface area contributed by atoms with Gasteiger partial charge in [0.15, 0.2) is 5.01 Å². The van der Waals surface area contributed by atoms with Crippen LogP contribution in [0.15, 0.2) is 42.5 Å². The second-order valence-corrected chi connectivity index (χ2v) is 5.55. The Morgan fingerprint density at radius 1 is 1.14 bits per heavy atom. The largest absolute Gasteiger partial charge is 0.489 e. The Hall–Kier alpha value is -2.42. The van der Waals surface area contributed by atoms with Gasteiger partial charge in [-0.1, -0.05) is 24.3 Å². The average Bonchev–Trinajstić information content (AvgIpc) is 2.95. The number of nitrogens with zero attached hydrogens (tertiary/aromatic N) is 2. The fraction of sp³-hybridized carbons (Fsp3) is 0.125. The first-order valence-electron chi connectivity index (χ1n) is 6.40. The number of ether oxygens (including phenoxy) is 1. The van der Waals surface area contributed by atoms with Crippen molar-refractivity contribution in [3.63, 3.8) is 0 Å². The summed E-state index contributed by atoms with van der Waals surface area (Å²) in [6, 6.07) is 15.3. The molecule has 0 atom stereocenters. The molecule has 0 amide bonds. The predicted molar refractivity (Wildman–Crippen MR) is 81.0 cm³/mol. The maximum atomic E-state index is 9.00. The minimum absolute atomic E-state index is 0.0460. The van der Waals surface area contributed by atoms with Gasteiger partial charge < -0.3 is 9.84 Å². The third kappa shape index (κ3) is 3.02. The molecule has 21 heavy (non-hydrogen) atoms. The number of hydrogen-bond donors (Lipinski definition) is 1. The van der Waals surface area contributed by atoms with E-state index in [0.717, 1.165) is 27.1 Å². The number of fused-ring (bicyclic) bond motifs is 1. The predicted octanol–water partition coefficient (Wildman–Crippen LogP) is 3.24. The van der Waals surface area contributed by atoms with Gasteiger partial charge >= 0.3 is 0 Å². The molecule has 3 aromatic rings. The van der Waals surface area contributed by atoms with Crippen molar-refractivity contribution in [1.29, 1.82) is 5.26 Å². The van der Waals surface area contributed by atoms with Crippen molar-refractivity contribution >= 4 is 21.6 Å². The van der Waals surface area contributed by atoms with E-state index in [4.69, 9.17) is 15.1 Å². The van der Waals surface area contributed by atoms with Crippen molar-refractivity contribution < 1.29 is 9.84 Å². The molecule has 0 unspecified atom stereocenters. The summed E-state index contributed by atoms with van der Waals surface area (Å²) in [6.07, 6.45) is 0. The van der Waals surface area contributed by atoms with Crippen LogP contribution >= 0.6 is 11.3 Å². The quantitative estimate of drug-likeness (QED) is 0.802. The standard InChI is InChI=1S/C16H12N2O2S/c17-8-16-18-14-6-5-13(7-15(14)21-16)20-10-12-3-1-11(9-19)2-4-12/h1-7,19H,9-10H2. The van der Waals surface area contributed by atoms with Gasteiger partial charge in [-0.15, -0.1) is 11.3 Å². The molecule has 0 aliphatic rings. The molecule has 104 valence electrons. The second kappa shape index (κ2) is 5.92. The Balaban J connectivity index is 1.73. The highest BCUT2D eigenvalue weighted by Gasteiger charge is 2.05. The smallest absolute Gasteiger partial charge is 0.195 e. The van der Waals surface area contributed by atoms with Gasteiger partial charge in [0.05, 0.1) is 16.8 Å². The molecule has 1 heterocycles. The normalized spacial score (nSPS) is 10.5. The summed E-state index contributed by atoms with van der Waals surface area (Å²) in [5.41, 5.74) is 2.74. The maximum absolute atomic E-state index is 9.00. The van der Waals surface area contributed by atoms with Crippen LogP contribution in [0.1, 0.15) is 16.1 Å². The summed E-state index contributed by atoms with van der Waals surface area (Å²) in [6.45, 7) is 0.505. The third-order valence-electron chi connectivity index (χ3n) is 3.07. The van der Waals surface area contributed by atoms with Crippen LogP contribution in [0.4, 0.5) is 0 Å². The number of rotatable bonds is 4. The summed E-state index contributed by atoms with van der Waals surface area (Å²) in [4.78, 5) is 4.19. The molecule has 0 saturated carbocycles. The lowest BCUT2D eigenvalue weighted by Crippen LogP contribution is -1.95. The van der Waals surface area contributed by atoms with Gasteiger partial charge in [0, 0.05) is 0 Å². The number of aliphatic hydroxyl groups is 1. The van der Waals surface area contributed by atoms with Crippen LogP contribution in [-0.2, 0) is 13.2 Å². The topological polar surface area (TPSA) is 66.1 Å². The fourth-order valence-electron chi connectivity index (χ4n) is 1.95. The van der Waals surface area contributed by atoms with Gasteiger partial charge in [-0.25, -0.2) is 4.98 Å². The van der Waals surface area contributed by atoms with E-state index in [1.165, 1.54) is 11.3 Å². The zero-order chi connectivity index (χ0) is 14.7. The molecule has 5 heteroatoms. The van der Waals surface area contributed by atoms with E-state index >= 15 is 0 Å². The Kier molecular flexibility index (Phi) is 3.82. The van der Waals surface area contributed by atoms with Crippen LogP contribution < -0.4 is 4.74 Å². The lowest BCUT2D eigenvalue weighted by molar-refractivity contribution is 0.281. The van der Waals surface area contributed by atoms with E-state index in [2.05, 4.69) is 11.1 Å². The maximum Gasteiger partial charge on any atom is 0.195 e. The second-order valence-electron chi connectivity index (χ2n) is 4.52. The third-order valence-corrected chi connectivity index (χ3v) is 3.99. The van der Waals surface area contributed by atoms with Gasteiger partial charge in [0.2, 0.25) is 0 Å². The lowest BCUT2D eigenvalue weighted by Gasteiger charge is -2.06. The first-order valence-corrected chi connectivity index (χ1v) is 7.22. The van der Waals surface area contributed by atoms with Gasteiger partial charge in [0.25, 0.3) is 0 Å². The zero-order valence-electron chi connectivity index (χ0n) is 11.1. The molecule has 0 radical (unpaired) electrons.